The van der Waals surface area contributed by atoms with Crippen molar-refractivity contribution in [3.63, 3.8) is 0 Å². The molecule has 2 aliphatic rings. The van der Waals surface area contributed by atoms with Gasteiger partial charge in [0.1, 0.15) is 17.5 Å². The third-order valence-corrected chi connectivity index (χ3v) is 8.42. The van der Waals surface area contributed by atoms with Crippen LogP contribution >= 0.6 is 11.6 Å². The molecule has 3 heterocycles. The van der Waals surface area contributed by atoms with Gasteiger partial charge >= 0.3 is 0 Å². The van der Waals surface area contributed by atoms with Crippen LogP contribution in [0, 0.1) is 18.7 Å². The van der Waals surface area contributed by atoms with Crippen LogP contribution in [0.3, 0.4) is 0 Å². The van der Waals surface area contributed by atoms with Crippen LogP contribution in [-0.4, -0.2) is 56.7 Å². The summed E-state index contributed by atoms with van der Waals surface area (Å²) in [5.41, 5.74) is 2.99. The Kier molecular flexibility index (Phi) is 7.69. The average Bonchev–Trinajstić information content (AvgIpc) is 3.13. The molecule has 0 N–H and O–H groups in total. The zero-order valence-corrected chi connectivity index (χ0v) is 23.6. The highest BCUT2D eigenvalue weighted by atomic mass is 35.5. The second-order valence-corrected chi connectivity index (χ2v) is 11.4. The molecule has 1 aliphatic heterocycles. The van der Waals surface area contributed by atoms with E-state index in [4.69, 9.17) is 26.7 Å². The molecule has 0 atom stereocenters. The fraction of sp³-hybridized carbons (Fsp3) is 0.419. The third kappa shape index (κ3) is 5.55. The van der Waals surface area contributed by atoms with Crippen molar-refractivity contribution in [1.82, 2.24) is 24.6 Å². The van der Waals surface area contributed by atoms with E-state index >= 15 is 0 Å². The van der Waals surface area contributed by atoms with Gasteiger partial charge in [0.15, 0.2) is 5.65 Å². The van der Waals surface area contributed by atoms with E-state index < -0.39 is 0 Å². The fourth-order valence-electron chi connectivity index (χ4n) is 6.04. The lowest BCUT2D eigenvalue weighted by Crippen LogP contribution is -2.35. The van der Waals surface area contributed by atoms with Gasteiger partial charge in [-0.15, -0.1) is 0 Å². The molecule has 2 aromatic heterocycles. The summed E-state index contributed by atoms with van der Waals surface area (Å²) < 4.78 is 15.5. The minimum absolute atomic E-state index is 0.0182. The first kappa shape index (κ1) is 26.7. The lowest BCUT2D eigenvalue weighted by molar-refractivity contribution is 0.0767. The monoisotopic (exact) mass is 560 g/mol. The summed E-state index contributed by atoms with van der Waals surface area (Å²) >= 11 is 6.03. The summed E-state index contributed by atoms with van der Waals surface area (Å²) in [6.07, 6.45) is 7.90. The van der Waals surface area contributed by atoms with Crippen LogP contribution in [0.15, 0.2) is 48.5 Å². The predicted molar refractivity (Wildman–Crippen MR) is 156 cm³/mol. The van der Waals surface area contributed by atoms with Gasteiger partial charge in [-0.2, -0.15) is 5.10 Å². The number of nitrogens with zero attached hydrogens (tertiary/aromatic N) is 6. The van der Waals surface area contributed by atoms with E-state index in [1.54, 1.807) is 36.4 Å². The summed E-state index contributed by atoms with van der Waals surface area (Å²) in [4.78, 5) is 27.6. The molecule has 6 rings (SSSR count). The quantitative estimate of drug-likeness (QED) is 0.283. The van der Waals surface area contributed by atoms with E-state index in [1.165, 1.54) is 44.2 Å². The van der Waals surface area contributed by atoms with Gasteiger partial charge in [0, 0.05) is 43.2 Å². The number of fused-ring (bicyclic) bond motifs is 1. The lowest BCUT2D eigenvalue weighted by atomic mass is 9.87. The molecule has 1 saturated carbocycles. The number of aryl methyl sites for hydroxylation is 1. The maximum atomic E-state index is 13.7. The molecule has 0 radical (unpaired) electrons. The van der Waals surface area contributed by atoms with E-state index in [0.717, 1.165) is 53.4 Å². The van der Waals surface area contributed by atoms with Crippen molar-refractivity contribution in [2.45, 2.75) is 51.9 Å². The van der Waals surface area contributed by atoms with Gasteiger partial charge in [0.05, 0.1) is 16.8 Å². The van der Waals surface area contributed by atoms with Crippen LogP contribution in [0.25, 0.3) is 16.7 Å². The Hall–Kier alpha value is -3.52. The summed E-state index contributed by atoms with van der Waals surface area (Å²) in [6, 6.07) is 13.4. The van der Waals surface area contributed by atoms with Crippen molar-refractivity contribution >= 4 is 34.4 Å². The smallest absolute Gasteiger partial charge is 0.253 e. The normalized spacial score (nSPS) is 16.9. The molecule has 4 aromatic rings. The van der Waals surface area contributed by atoms with Gasteiger partial charge in [-0.25, -0.2) is 19.0 Å². The molecule has 208 valence electrons. The van der Waals surface area contributed by atoms with Crippen LogP contribution < -0.4 is 4.90 Å². The number of carbonyl (C=O) groups excluding carboxylic acids is 1. The van der Waals surface area contributed by atoms with Crippen LogP contribution in [0.2, 0.25) is 5.02 Å². The SMILES string of the molecule is Cc1nn(-c2ccc(F)cc2)c2nc(CC3CCCCC3)nc(N3CCCN(C(=O)c4ccc(Cl)cc4)CC3)c12. The Morgan fingerprint density at radius 1 is 0.925 bits per heavy atom. The molecule has 2 fully saturated rings. The van der Waals surface area contributed by atoms with E-state index in [0.29, 0.717) is 36.1 Å². The molecule has 0 unspecified atom stereocenters. The summed E-state index contributed by atoms with van der Waals surface area (Å²) in [5.74, 6) is 2.02. The topological polar surface area (TPSA) is 67.2 Å². The standard InChI is InChI=1S/C31H34ClFN6O/c1-21-28-29(37-16-5-17-38(19-18-37)31(40)23-8-10-24(32)11-9-23)34-27(20-22-6-3-2-4-7-22)35-30(28)39(36-21)26-14-12-25(33)13-15-26/h8-15,22H,2-7,16-20H2,1H3. The van der Waals surface area contributed by atoms with E-state index in [1.807, 2.05) is 16.5 Å². The second kappa shape index (κ2) is 11.5. The maximum Gasteiger partial charge on any atom is 0.253 e. The molecule has 40 heavy (non-hydrogen) atoms. The molecular formula is C31H34ClFN6O. The van der Waals surface area contributed by atoms with Gasteiger partial charge in [-0.1, -0.05) is 43.7 Å². The third-order valence-electron chi connectivity index (χ3n) is 8.17. The highest BCUT2D eigenvalue weighted by molar-refractivity contribution is 6.30. The van der Waals surface area contributed by atoms with Crippen LogP contribution in [-0.2, 0) is 6.42 Å². The van der Waals surface area contributed by atoms with Crippen molar-refractivity contribution in [2.75, 3.05) is 31.1 Å². The summed E-state index contributed by atoms with van der Waals surface area (Å²) in [7, 11) is 0. The molecule has 1 saturated heterocycles. The van der Waals surface area contributed by atoms with E-state index in [2.05, 4.69) is 4.90 Å². The minimum Gasteiger partial charge on any atom is -0.354 e. The number of hydrogen-bond acceptors (Lipinski definition) is 5. The van der Waals surface area contributed by atoms with Gasteiger partial charge < -0.3 is 9.80 Å². The first-order chi connectivity index (χ1) is 19.5. The zero-order valence-electron chi connectivity index (χ0n) is 22.8. The van der Waals surface area contributed by atoms with Crippen LogP contribution in [0.1, 0.15) is 60.4 Å². The fourth-order valence-corrected chi connectivity index (χ4v) is 6.17. The Morgan fingerprint density at radius 2 is 1.68 bits per heavy atom. The van der Waals surface area contributed by atoms with Crippen molar-refractivity contribution in [2.24, 2.45) is 5.92 Å². The molecule has 0 spiro atoms. The number of hydrogen-bond donors (Lipinski definition) is 0. The molecule has 1 aliphatic carbocycles. The van der Waals surface area contributed by atoms with Crippen molar-refractivity contribution < 1.29 is 9.18 Å². The number of aromatic nitrogens is 4. The number of carbonyl (C=O) groups is 1. The van der Waals surface area contributed by atoms with E-state index in [9.17, 15) is 9.18 Å². The van der Waals surface area contributed by atoms with Gasteiger partial charge in [-0.3, -0.25) is 4.79 Å². The number of amides is 1. The van der Waals surface area contributed by atoms with E-state index in [-0.39, 0.29) is 11.7 Å². The lowest BCUT2D eigenvalue weighted by Gasteiger charge is -2.25. The Bertz CT molecular complexity index is 1500. The predicted octanol–water partition coefficient (Wildman–Crippen LogP) is 6.39. The van der Waals surface area contributed by atoms with Gasteiger partial charge in [0.25, 0.3) is 5.91 Å². The molecule has 7 nitrogen and oxygen atoms in total. The molecule has 9 heteroatoms. The number of anilines is 1. The highest BCUT2D eigenvalue weighted by Gasteiger charge is 2.26. The van der Waals surface area contributed by atoms with Crippen molar-refractivity contribution in [3.8, 4) is 5.69 Å². The maximum absolute atomic E-state index is 13.7. The zero-order chi connectivity index (χ0) is 27.6. The Labute approximate surface area is 239 Å². The molecule has 2 aromatic carbocycles. The average molecular weight is 561 g/mol. The van der Waals surface area contributed by atoms with Gasteiger partial charge in [-0.05, 0) is 67.8 Å². The highest BCUT2D eigenvalue weighted by Crippen LogP contribution is 2.32. The summed E-state index contributed by atoms with van der Waals surface area (Å²) in [6.45, 7) is 4.69. The summed E-state index contributed by atoms with van der Waals surface area (Å²) in [5, 5.41) is 6.37. The minimum atomic E-state index is -0.285. The van der Waals surface area contributed by atoms with Crippen LogP contribution in [0.5, 0.6) is 0 Å². The molecule has 1 amide bonds. The Balaban J connectivity index is 1.35. The number of benzene rings is 2. The first-order valence-electron chi connectivity index (χ1n) is 14.3. The largest absolute Gasteiger partial charge is 0.354 e. The van der Waals surface area contributed by atoms with Gasteiger partial charge in [0.2, 0.25) is 0 Å². The molecular weight excluding hydrogens is 527 g/mol. The van der Waals surface area contributed by atoms with Crippen molar-refractivity contribution in [3.05, 3.63) is 76.5 Å². The first-order valence-corrected chi connectivity index (χ1v) is 14.7. The molecule has 0 bridgehead atoms. The number of rotatable bonds is 5. The second-order valence-electron chi connectivity index (χ2n) is 11.0. The van der Waals surface area contributed by atoms with Crippen molar-refractivity contribution in [1.29, 1.82) is 0 Å². The Morgan fingerprint density at radius 3 is 2.42 bits per heavy atom. The van der Waals surface area contributed by atoms with Crippen LogP contribution in [0.4, 0.5) is 10.2 Å². The number of halogens is 2.